The van der Waals surface area contributed by atoms with E-state index in [1.165, 1.54) is 0 Å². The maximum atomic E-state index is 12.3. The van der Waals surface area contributed by atoms with Crippen LogP contribution in [0, 0.1) is 11.3 Å². The molecule has 6 heteroatoms. The molecule has 0 radical (unpaired) electrons. The first-order valence-corrected chi connectivity index (χ1v) is 8.38. The second-order valence-electron chi connectivity index (χ2n) is 6.33. The Kier molecular flexibility index (Phi) is 4.64. The molecule has 1 saturated carbocycles. The molecule has 2 unspecified atom stereocenters. The summed E-state index contributed by atoms with van der Waals surface area (Å²) >= 11 is 11.9. The van der Waals surface area contributed by atoms with Crippen LogP contribution in [-0.2, 0) is 4.79 Å². The van der Waals surface area contributed by atoms with Crippen molar-refractivity contribution in [2.75, 3.05) is 19.6 Å². The van der Waals surface area contributed by atoms with Crippen molar-refractivity contribution in [2.24, 2.45) is 11.3 Å². The molecular weight excluding hydrogens is 323 g/mol. The predicted octanol–water partition coefficient (Wildman–Crippen LogP) is 2.53. The molecule has 4 nitrogen and oxygen atoms in total. The van der Waals surface area contributed by atoms with Gasteiger partial charge in [0, 0.05) is 22.5 Å². The Morgan fingerprint density at radius 3 is 2.59 bits per heavy atom. The summed E-state index contributed by atoms with van der Waals surface area (Å²) in [6.45, 7) is 2.17. The van der Waals surface area contributed by atoms with Crippen LogP contribution in [0.1, 0.15) is 30.9 Å². The summed E-state index contributed by atoms with van der Waals surface area (Å²) in [4.78, 5) is 12.3. The van der Waals surface area contributed by atoms with E-state index in [9.17, 15) is 9.90 Å². The summed E-state index contributed by atoms with van der Waals surface area (Å²) in [7, 11) is 0. The minimum Gasteiger partial charge on any atom is -0.387 e. The first-order valence-electron chi connectivity index (χ1n) is 7.63. The fourth-order valence-electron chi connectivity index (χ4n) is 3.40. The summed E-state index contributed by atoms with van der Waals surface area (Å²) in [6.07, 6.45) is 2.30. The molecule has 1 spiro atoms. The third-order valence-electron chi connectivity index (χ3n) is 4.84. The smallest absolute Gasteiger partial charge is 0.223 e. The van der Waals surface area contributed by atoms with Gasteiger partial charge >= 0.3 is 0 Å². The molecule has 2 aliphatic rings. The van der Waals surface area contributed by atoms with E-state index in [0.717, 1.165) is 32.4 Å². The van der Waals surface area contributed by atoms with E-state index in [-0.39, 0.29) is 23.8 Å². The fraction of sp³-hybridized carbons (Fsp3) is 0.562. The zero-order valence-corrected chi connectivity index (χ0v) is 13.8. The van der Waals surface area contributed by atoms with Crippen molar-refractivity contribution >= 4 is 29.1 Å². The van der Waals surface area contributed by atoms with Gasteiger partial charge in [-0.1, -0.05) is 23.2 Å². The van der Waals surface area contributed by atoms with Crippen LogP contribution >= 0.6 is 23.2 Å². The predicted molar refractivity (Wildman–Crippen MR) is 87.1 cm³/mol. The Hall–Kier alpha value is -0.810. The zero-order valence-electron chi connectivity index (χ0n) is 12.2. The molecule has 3 rings (SSSR count). The van der Waals surface area contributed by atoms with Gasteiger partial charge in [-0.2, -0.15) is 0 Å². The molecule has 0 aromatic heterocycles. The lowest BCUT2D eigenvalue weighted by Gasteiger charge is -2.23. The number of amides is 1. The molecule has 3 N–H and O–H groups in total. The summed E-state index contributed by atoms with van der Waals surface area (Å²) in [5, 5.41) is 17.3. The van der Waals surface area contributed by atoms with Crippen molar-refractivity contribution in [1.29, 1.82) is 0 Å². The standard InChI is InChI=1S/C16H20Cl2N2O2/c17-11-5-10(6-12(18)7-11)14(21)9-20-15(22)13-8-16(13)1-3-19-4-2-16/h5-7,13-14,19,21H,1-4,8-9H2,(H,20,22). The van der Waals surface area contributed by atoms with Gasteiger partial charge in [0.25, 0.3) is 0 Å². The molecule has 2 fully saturated rings. The topological polar surface area (TPSA) is 61.4 Å². The Bertz CT molecular complexity index is 553. The number of carbonyl (C=O) groups is 1. The molecule has 120 valence electrons. The molecule has 1 amide bonds. The van der Waals surface area contributed by atoms with Crippen LogP contribution in [0.4, 0.5) is 0 Å². The highest BCUT2D eigenvalue weighted by Gasteiger charge is 2.57. The van der Waals surface area contributed by atoms with Crippen LogP contribution in [0.15, 0.2) is 18.2 Å². The van der Waals surface area contributed by atoms with E-state index < -0.39 is 6.10 Å². The summed E-state index contributed by atoms with van der Waals surface area (Å²) in [6, 6.07) is 4.94. The Balaban J connectivity index is 1.53. The quantitative estimate of drug-likeness (QED) is 0.787. The van der Waals surface area contributed by atoms with Crippen molar-refractivity contribution in [3.63, 3.8) is 0 Å². The van der Waals surface area contributed by atoms with E-state index in [1.54, 1.807) is 18.2 Å². The maximum absolute atomic E-state index is 12.3. The number of piperidine rings is 1. The molecule has 1 saturated heterocycles. The van der Waals surface area contributed by atoms with Crippen molar-refractivity contribution in [2.45, 2.75) is 25.4 Å². The molecule has 1 heterocycles. The summed E-state index contributed by atoms with van der Waals surface area (Å²) in [5.74, 6) is 0.152. The molecule has 1 aliphatic carbocycles. The third-order valence-corrected chi connectivity index (χ3v) is 5.28. The fourth-order valence-corrected chi connectivity index (χ4v) is 3.94. The van der Waals surface area contributed by atoms with Crippen LogP contribution in [0.5, 0.6) is 0 Å². The van der Waals surface area contributed by atoms with E-state index in [4.69, 9.17) is 23.2 Å². The average Bonchev–Trinajstić information content (AvgIpc) is 3.17. The number of halogens is 2. The van der Waals surface area contributed by atoms with Gasteiger partial charge in [-0.3, -0.25) is 4.79 Å². The van der Waals surface area contributed by atoms with Gasteiger partial charge in [-0.25, -0.2) is 0 Å². The van der Waals surface area contributed by atoms with Gasteiger partial charge in [0.05, 0.1) is 6.10 Å². The van der Waals surface area contributed by atoms with Crippen LogP contribution in [-0.4, -0.2) is 30.6 Å². The lowest BCUT2D eigenvalue weighted by atomic mass is 9.92. The highest BCUT2D eigenvalue weighted by Crippen LogP contribution is 2.58. The minimum absolute atomic E-state index is 0.0501. The van der Waals surface area contributed by atoms with E-state index in [2.05, 4.69) is 10.6 Å². The molecule has 1 aromatic rings. The van der Waals surface area contributed by atoms with Crippen molar-refractivity contribution in [1.82, 2.24) is 10.6 Å². The molecule has 22 heavy (non-hydrogen) atoms. The Morgan fingerprint density at radius 1 is 1.32 bits per heavy atom. The first kappa shape index (κ1) is 16.1. The number of nitrogens with one attached hydrogen (secondary N) is 2. The van der Waals surface area contributed by atoms with Crippen molar-refractivity contribution in [3.8, 4) is 0 Å². The Labute approximate surface area is 140 Å². The second-order valence-corrected chi connectivity index (χ2v) is 7.21. The monoisotopic (exact) mass is 342 g/mol. The maximum Gasteiger partial charge on any atom is 0.223 e. The van der Waals surface area contributed by atoms with Crippen LogP contribution < -0.4 is 10.6 Å². The van der Waals surface area contributed by atoms with Gasteiger partial charge in [-0.05, 0) is 61.5 Å². The van der Waals surface area contributed by atoms with Crippen molar-refractivity contribution in [3.05, 3.63) is 33.8 Å². The van der Waals surface area contributed by atoms with Gasteiger partial charge in [-0.15, -0.1) is 0 Å². The lowest BCUT2D eigenvalue weighted by Crippen LogP contribution is -2.35. The number of hydrogen-bond acceptors (Lipinski definition) is 3. The van der Waals surface area contributed by atoms with Gasteiger partial charge in [0.15, 0.2) is 0 Å². The van der Waals surface area contributed by atoms with Gasteiger partial charge in [0.2, 0.25) is 5.91 Å². The second kappa shape index (κ2) is 6.36. The SMILES string of the molecule is O=C(NCC(O)c1cc(Cl)cc(Cl)c1)C1CC12CCNCC2. The highest BCUT2D eigenvalue weighted by molar-refractivity contribution is 6.34. The van der Waals surface area contributed by atoms with Crippen LogP contribution in [0.2, 0.25) is 10.0 Å². The van der Waals surface area contributed by atoms with E-state index in [1.807, 2.05) is 0 Å². The Morgan fingerprint density at radius 2 is 1.95 bits per heavy atom. The number of aliphatic hydroxyl groups is 1. The first-order chi connectivity index (χ1) is 10.5. The molecule has 0 bridgehead atoms. The van der Waals surface area contributed by atoms with E-state index >= 15 is 0 Å². The number of aliphatic hydroxyl groups excluding tert-OH is 1. The van der Waals surface area contributed by atoms with Crippen LogP contribution in [0.25, 0.3) is 0 Å². The number of hydrogen-bond donors (Lipinski definition) is 3. The third kappa shape index (κ3) is 3.40. The largest absolute Gasteiger partial charge is 0.387 e. The summed E-state index contributed by atoms with van der Waals surface area (Å²) in [5.41, 5.74) is 0.824. The van der Waals surface area contributed by atoms with Crippen molar-refractivity contribution < 1.29 is 9.90 Å². The lowest BCUT2D eigenvalue weighted by molar-refractivity contribution is -0.123. The van der Waals surface area contributed by atoms with Gasteiger partial charge < -0.3 is 15.7 Å². The molecule has 1 aromatic carbocycles. The molecule has 2 atom stereocenters. The van der Waals surface area contributed by atoms with Gasteiger partial charge in [0.1, 0.15) is 0 Å². The zero-order chi connectivity index (χ0) is 15.7. The average molecular weight is 343 g/mol. The number of carbonyl (C=O) groups excluding carboxylic acids is 1. The van der Waals surface area contributed by atoms with E-state index in [0.29, 0.717) is 15.6 Å². The minimum atomic E-state index is -0.803. The van der Waals surface area contributed by atoms with Crippen LogP contribution in [0.3, 0.4) is 0 Å². The number of rotatable bonds is 4. The number of benzene rings is 1. The summed E-state index contributed by atoms with van der Waals surface area (Å²) < 4.78 is 0. The highest BCUT2D eigenvalue weighted by atomic mass is 35.5. The molecule has 1 aliphatic heterocycles. The normalized spacial score (nSPS) is 24.0. The molecular formula is C16H20Cl2N2O2.